The molecule has 0 unspecified atom stereocenters. The molecule has 2 atom stereocenters. The smallest absolute Gasteiger partial charge is 0.323 e. The summed E-state index contributed by atoms with van der Waals surface area (Å²) in [5, 5.41) is 27.4. The normalized spacial score (nSPS) is 12.9. The molecule has 7 nitrogen and oxygen atoms in total. The van der Waals surface area contributed by atoms with E-state index < -0.39 is 18.1 Å². The topological polar surface area (TPSA) is 122 Å². The molecule has 4 rings (SSSR count). The zero-order valence-electron chi connectivity index (χ0n) is 18.2. The van der Waals surface area contributed by atoms with Gasteiger partial charge in [0.15, 0.2) is 0 Å². The number of aliphatic hydroxyl groups excluding tert-OH is 1. The average Bonchev–Trinajstić information content (AvgIpc) is 3.33. The van der Waals surface area contributed by atoms with E-state index in [0.717, 1.165) is 33.4 Å². The van der Waals surface area contributed by atoms with Gasteiger partial charge >= 0.3 is 5.97 Å². The molecule has 0 fully saturated rings. The number of nitrogens with two attached hydrogens (primary N) is 1. The molecule has 0 aliphatic heterocycles. The van der Waals surface area contributed by atoms with Crippen LogP contribution in [0.25, 0.3) is 34.0 Å². The summed E-state index contributed by atoms with van der Waals surface area (Å²) in [5.74, 6) is -0.394. The van der Waals surface area contributed by atoms with E-state index in [0.29, 0.717) is 18.2 Å². The van der Waals surface area contributed by atoms with Crippen LogP contribution in [0.2, 0.25) is 0 Å². The quantitative estimate of drug-likeness (QED) is 0.375. The summed E-state index contributed by atoms with van der Waals surface area (Å²) < 4.78 is 6.01. The highest BCUT2D eigenvalue weighted by Gasteiger charge is 2.21. The highest BCUT2D eigenvalue weighted by molar-refractivity contribution is 5.75. The average molecular weight is 444 g/mol. The molecule has 4 N–H and O–H groups in total. The van der Waals surface area contributed by atoms with Crippen LogP contribution in [0, 0.1) is 6.92 Å². The molecule has 1 heterocycles. The molecule has 0 saturated heterocycles. The van der Waals surface area contributed by atoms with Crippen molar-refractivity contribution in [1.82, 2.24) is 10.2 Å². The van der Waals surface area contributed by atoms with Gasteiger partial charge in [-0.05, 0) is 60.2 Å². The van der Waals surface area contributed by atoms with Gasteiger partial charge in [0.1, 0.15) is 6.04 Å². The van der Waals surface area contributed by atoms with Gasteiger partial charge in [-0.25, -0.2) is 0 Å². The monoisotopic (exact) mass is 443 g/mol. The number of carboxylic acids is 1. The molecule has 0 spiro atoms. The Kier molecular flexibility index (Phi) is 6.63. The molecule has 4 aromatic rings. The fourth-order valence-corrected chi connectivity index (χ4v) is 3.77. The Morgan fingerprint density at radius 1 is 0.939 bits per heavy atom. The number of aryl methyl sites for hydroxylation is 1. The van der Waals surface area contributed by atoms with Crippen molar-refractivity contribution in [2.45, 2.75) is 31.9 Å². The van der Waals surface area contributed by atoms with Crippen LogP contribution < -0.4 is 5.73 Å². The fourth-order valence-electron chi connectivity index (χ4n) is 3.77. The van der Waals surface area contributed by atoms with Crippen molar-refractivity contribution >= 4 is 5.97 Å². The number of hydrogen-bond acceptors (Lipinski definition) is 6. The number of rotatable bonds is 8. The molecular weight excluding hydrogens is 418 g/mol. The SMILES string of the molecule is Cc1c(-c2ccccc2)cccc1-c1nnc(-c2cccc(CC[C@@H](O)[C@H](N)C(=O)O)c2)o1. The first kappa shape index (κ1) is 22.4. The number of aromatic nitrogens is 2. The molecule has 168 valence electrons. The van der Waals surface area contributed by atoms with E-state index in [9.17, 15) is 9.90 Å². The minimum atomic E-state index is -1.30. The van der Waals surface area contributed by atoms with E-state index in [1.54, 1.807) is 0 Å². The van der Waals surface area contributed by atoms with Crippen LogP contribution in [-0.2, 0) is 11.2 Å². The van der Waals surface area contributed by atoms with Gasteiger partial charge < -0.3 is 20.4 Å². The number of benzene rings is 3. The minimum absolute atomic E-state index is 0.234. The van der Waals surface area contributed by atoms with E-state index in [1.165, 1.54) is 0 Å². The minimum Gasteiger partial charge on any atom is -0.480 e. The van der Waals surface area contributed by atoms with Crippen molar-refractivity contribution in [3.8, 4) is 34.0 Å². The predicted molar refractivity (Wildman–Crippen MR) is 125 cm³/mol. The lowest BCUT2D eigenvalue weighted by atomic mass is 9.96. The number of carboxylic acid groups (broad SMARTS) is 1. The third kappa shape index (κ3) is 5.00. The zero-order chi connectivity index (χ0) is 23.4. The van der Waals surface area contributed by atoms with Gasteiger partial charge in [-0.15, -0.1) is 10.2 Å². The third-order valence-electron chi connectivity index (χ3n) is 5.68. The molecule has 33 heavy (non-hydrogen) atoms. The lowest BCUT2D eigenvalue weighted by Gasteiger charge is -2.14. The Bertz CT molecular complexity index is 1250. The fraction of sp³-hybridized carbons (Fsp3) is 0.192. The molecule has 0 aliphatic carbocycles. The molecule has 0 saturated carbocycles. The standard InChI is InChI=1S/C26H25N3O4/c1-16-20(18-8-3-2-4-9-18)11-6-12-21(16)25-29-28-24(33-25)19-10-5-7-17(15-19)13-14-22(30)23(27)26(31)32/h2-12,15,22-23,30H,13-14,27H2,1H3,(H,31,32)/t22-,23+/m1/s1. The highest BCUT2D eigenvalue weighted by Crippen LogP contribution is 2.32. The van der Waals surface area contributed by atoms with Crippen LogP contribution in [0.15, 0.2) is 77.2 Å². The molecule has 0 radical (unpaired) electrons. The van der Waals surface area contributed by atoms with Crippen LogP contribution in [0.3, 0.4) is 0 Å². The predicted octanol–water partition coefficient (Wildman–Crippen LogP) is 4.08. The number of aliphatic carboxylic acids is 1. The number of hydrogen-bond donors (Lipinski definition) is 3. The largest absolute Gasteiger partial charge is 0.480 e. The van der Waals surface area contributed by atoms with Crippen molar-refractivity contribution in [3.05, 3.63) is 83.9 Å². The first-order valence-corrected chi connectivity index (χ1v) is 10.7. The maximum atomic E-state index is 10.9. The van der Waals surface area contributed by atoms with Crippen molar-refractivity contribution in [1.29, 1.82) is 0 Å². The molecule has 0 bridgehead atoms. The molecular formula is C26H25N3O4. The van der Waals surface area contributed by atoms with Crippen LogP contribution >= 0.6 is 0 Å². The first-order valence-electron chi connectivity index (χ1n) is 10.7. The van der Waals surface area contributed by atoms with Crippen molar-refractivity contribution in [2.75, 3.05) is 0 Å². The third-order valence-corrected chi connectivity index (χ3v) is 5.68. The lowest BCUT2D eigenvalue weighted by molar-refractivity contribution is -0.141. The zero-order valence-corrected chi connectivity index (χ0v) is 18.2. The number of carbonyl (C=O) groups is 1. The number of aliphatic hydroxyl groups is 1. The van der Waals surface area contributed by atoms with Gasteiger partial charge in [-0.2, -0.15) is 0 Å². The molecule has 0 amide bonds. The van der Waals surface area contributed by atoms with Gasteiger partial charge in [0.2, 0.25) is 11.8 Å². The summed E-state index contributed by atoms with van der Waals surface area (Å²) in [6, 6.07) is 22.4. The summed E-state index contributed by atoms with van der Waals surface area (Å²) in [6.07, 6.45) is -0.423. The maximum Gasteiger partial charge on any atom is 0.323 e. The molecule has 7 heteroatoms. The molecule has 0 aliphatic rings. The summed E-state index contributed by atoms with van der Waals surface area (Å²) in [5.41, 5.74) is 11.3. The maximum absolute atomic E-state index is 10.9. The Balaban J connectivity index is 1.55. The van der Waals surface area contributed by atoms with Gasteiger partial charge in [0.05, 0.1) is 6.10 Å². The van der Waals surface area contributed by atoms with Crippen LogP contribution in [0.5, 0.6) is 0 Å². The molecule has 3 aromatic carbocycles. The second-order valence-corrected chi connectivity index (χ2v) is 7.93. The van der Waals surface area contributed by atoms with Crippen LogP contribution in [0.1, 0.15) is 17.5 Å². The van der Waals surface area contributed by atoms with Gasteiger partial charge in [0.25, 0.3) is 0 Å². The highest BCUT2D eigenvalue weighted by atomic mass is 16.4. The first-order chi connectivity index (χ1) is 15.9. The van der Waals surface area contributed by atoms with Crippen molar-refractivity contribution < 1.29 is 19.4 Å². The van der Waals surface area contributed by atoms with E-state index >= 15 is 0 Å². The van der Waals surface area contributed by atoms with Crippen molar-refractivity contribution in [3.63, 3.8) is 0 Å². The molecule has 1 aromatic heterocycles. The second-order valence-electron chi connectivity index (χ2n) is 7.93. The Morgan fingerprint density at radius 3 is 2.36 bits per heavy atom. The van der Waals surface area contributed by atoms with E-state index in [2.05, 4.69) is 28.4 Å². The Hall–Kier alpha value is -3.81. The van der Waals surface area contributed by atoms with E-state index in [4.69, 9.17) is 15.3 Å². The van der Waals surface area contributed by atoms with Crippen LogP contribution in [0.4, 0.5) is 0 Å². The Morgan fingerprint density at radius 2 is 1.61 bits per heavy atom. The second kappa shape index (κ2) is 9.77. The van der Waals surface area contributed by atoms with Gasteiger partial charge in [-0.3, -0.25) is 4.79 Å². The summed E-state index contributed by atoms with van der Waals surface area (Å²) in [4.78, 5) is 10.9. The Labute approximate surface area is 191 Å². The summed E-state index contributed by atoms with van der Waals surface area (Å²) in [7, 11) is 0. The summed E-state index contributed by atoms with van der Waals surface area (Å²) >= 11 is 0. The number of nitrogens with zero attached hydrogens (tertiary/aromatic N) is 2. The summed E-state index contributed by atoms with van der Waals surface area (Å²) in [6.45, 7) is 2.04. The van der Waals surface area contributed by atoms with Gasteiger partial charge in [0, 0.05) is 11.1 Å². The van der Waals surface area contributed by atoms with Gasteiger partial charge in [-0.1, -0.05) is 54.6 Å². The van der Waals surface area contributed by atoms with Crippen LogP contribution in [-0.4, -0.2) is 38.5 Å². The van der Waals surface area contributed by atoms with E-state index in [-0.39, 0.29) is 6.42 Å². The lowest BCUT2D eigenvalue weighted by Crippen LogP contribution is -2.41. The van der Waals surface area contributed by atoms with Crippen molar-refractivity contribution in [2.24, 2.45) is 5.73 Å². The van der Waals surface area contributed by atoms with E-state index in [1.807, 2.05) is 61.5 Å².